The zero-order valence-electron chi connectivity index (χ0n) is 17.9. The van der Waals surface area contributed by atoms with Crippen LogP contribution < -0.4 is 0 Å². The topological polar surface area (TPSA) is 59.8 Å². The molecule has 1 saturated carbocycles. The summed E-state index contributed by atoms with van der Waals surface area (Å²) in [5.41, 5.74) is 1.23. The molecule has 3 aliphatic rings. The Balaban J connectivity index is 1.67. The normalized spacial score (nSPS) is 31.4. The second-order valence-corrected chi connectivity index (χ2v) is 9.69. The summed E-state index contributed by atoms with van der Waals surface area (Å²) in [4.78, 5) is 29.2. The Bertz CT molecular complexity index is 1070. The smallest absolute Gasteiger partial charge is 0.322 e. The summed E-state index contributed by atoms with van der Waals surface area (Å²) in [6.07, 6.45) is 6.67. The van der Waals surface area contributed by atoms with Crippen molar-refractivity contribution in [3.8, 4) is 0 Å². The van der Waals surface area contributed by atoms with Gasteiger partial charge in [-0.1, -0.05) is 39.0 Å². The van der Waals surface area contributed by atoms with Crippen molar-refractivity contribution < 1.29 is 18.7 Å². The van der Waals surface area contributed by atoms with Crippen LogP contribution in [-0.2, 0) is 14.3 Å². The molecule has 1 aromatic heterocycles. The van der Waals surface area contributed by atoms with Gasteiger partial charge in [0, 0.05) is 11.6 Å². The number of nitrogens with zero attached hydrogens (tertiary/aromatic N) is 1. The van der Waals surface area contributed by atoms with Gasteiger partial charge in [-0.2, -0.15) is 0 Å². The van der Waals surface area contributed by atoms with Gasteiger partial charge in [-0.3, -0.25) is 9.59 Å². The number of carbonyl (C=O) groups is 2. The van der Waals surface area contributed by atoms with Gasteiger partial charge in [0.05, 0.1) is 12.9 Å². The average Bonchev–Trinajstić information content (AvgIpc) is 3.28. The van der Waals surface area contributed by atoms with E-state index in [9.17, 15) is 9.59 Å². The largest absolute Gasteiger partial charge is 0.467 e. The maximum atomic E-state index is 14.3. The van der Waals surface area contributed by atoms with Crippen molar-refractivity contribution in [1.29, 1.82) is 0 Å². The van der Waals surface area contributed by atoms with Crippen LogP contribution in [0.3, 0.4) is 0 Å². The van der Waals surface area contributed by atoms with E-state index in [1.165, 1.54) is 0 Å². The molecule has 5 rings (SSSR count). The van der Waals surface area contributed by atoms with E-state index in [1.807, 2.05) is 57.2 Å². The lowest BCUT2D eigenvalue weighted by molar-refractivity contribution is -0.193. The molecule has 0 spiro atoms. The Morgan fingerprint density at radius 3 is 2.67 bits per heavy atom. The second kappa shape index (κ2) is 6.10. The first kappa shape index (κ1) is 19.2. The molecule has 156 valence electrons. The maximum absolute atomic E-state index is 14.3. The number of esters is 1. The van der Waals surface area contributed by atoms with Crippen molar-refractivity contribution in [3.05, 3.63) is 65.2 Å². The quantitative estimate of drug-likeness (QED) is 0.529. The highest BCUT2D eigenvalue weighted by Crippen LogP contribution is 2.66. The highest BCUT2D eigenvalue weighted by molar-refractivity contribution is 6.05. The van der Waals surface area contributed by atoms with Gasteiger partial charge >= 0.3 is 5.97 Å². The van der Waals surface area contributed by atoms with Crippen LogP contribution in [0, 0.1) is 23.2 Å². The molecule has 1 aliphatic carbocycles. The van der Waals surface area contributed by atoms with Crippen molar-refractivity contribution in [2.24, 2.45) is 16.2 Å². The van der Waals surface area contributed by atoms with Gasteiger partial charge in [-0.05, 0) is 60.1 Å². The summed E-state index contributed by atoms with van der Waals surface area (Å²) in [6, 6.07) is 9.40. The van der Waals surface area contributed by atoms with Crippen molar-refractivity contribution in [2.75, 3.05) is 6.61 Å². The Morgan fingerprint density at radius 1 is 1.13 bits per heavy atom. The monoisotopic (exact) mass is 405 g/mol. The predicted octanol–water partition coefficient (Wildman–Crippen LogP) is 4.86. The Morgan fingerprint density at radius 2 is 1.93 bits per heavy atom. The van der Waals surface area contributed by atoms with Crippen LogP contribution in [0.4, 0.5) is 0 Å². The van der Waals surface area contributed by atoms with E-state index < -0.39 is 22.8 Å². The number of fused-ring (bicyclic) bond motifs is 3. The Labute approximate surface area is 176 Å². The van der Waals surface area contributed by atoms with Gasteiger partial charge < -0.3 is 14.1 Å². The van der Waals surface area contributed by atoms with Gasteiger partial charge in [0.15, 0.2) is 5.41 Å². The van der Waals surface area contributed by atoms with Crippen LogP contribution in [0.25, 0.3) is 6.08 Å². The molecule has 3 atom stereocenters. The molecule has 2 aliphatic heterocycles. The first-order valence-corrected chi connectivity index (χ1v) is 10.5. The first-order chi connectivity index (χ1) is 14.2. The standard InChI is InChI=1S/C25H27NO4/c1-16-7-5-8-17-10-13-26(20(19(16)17)18-9-6-14-29-18)21(27)25-12-11-24(4,23(25,2)3)15-30-22(25)28/h5-10,13-14,20H,11-12,15H2,1-4H3/t20-,24+,25+/m1/s1. The molecular formula is C25H27NO4. The molecule has 30 heavy (non-hydrogen) atoms. The van der Waals surface area contributed by atoms with Gasteiger partial charge in [0.2, 0.25) is 5.91 Å². The average molecular weight is 405 g/mol. The van der Waals surface area contributed by atoms with E-state index in [0.717, 1.165) is 23.1 Å². The molecule has 5 heteroatoms. The number of cyclic esters (lactones) is 1. The third-order valence-electron chi connectivity index (χ3n) is 8.23. The number of carbonyl (C=O) groups excluding carboxylic acids is 2. The Hall–Kier alpha value is -2.82. The van der Waals surface area contributed by atoms with E-state index in [4.69, 9.17) is 9.15 Å². The SMILES string of the molecule is Cc1cccc2c1[C@@H](c1ccco1)N(C(=O)[C@@]13CC[C@@](C)(COC1=O)C3(C)C)C=C2. The summed E-state index contributed by atoms with van der Waals surface area (Å²) < 4.78 is 11.4. The molecule has 1 amide bonds. The van der Waals surface area contributed by atoms with E-state index in [1.54, 1.807) is 17.4 Å². The summed E-state index contributed by atoms with van der Waals surface area (Å²) in [7, 11) is 0. The van der Waals surface area contributed by atoms with Crippen LogP contribution in [0.5, 0.6) is 0 Å². The summed E-state index contributed by atoms with van der Waals surface area (Å²) in [5, 5.41) is 0. The predicted molar refractivity (Wildman–Crippen MR) is 112 cm³/mol. The molecule has 3 heterocycles. The fourth-order valence-corrected chi connectivity index (χ4v) is 5.76. The first-order valence-electron chi connectivity index (χ1n) is 10.5. The fraction of sp³-hybridized carbons (Fsp3) is 0.440. The number of rotatable bonds is 2. The highest BCUT2D eigenvalue weighted by Gasteiger charge is 2.72. The van der Waals surface area contributed by atoms with Crippen molar-refractivity contribution in [2.45, 2.75) is 46.6 Å². The molecule has 2 bridgehead atoms. The van der Waals surface area contributed by atoms with Crippen LogP contribution in [0.2, 0.25) is 0 Å². The molecule has 2 fully saturated rings. The maximum Gasteiger partial charge on any atom is 0.322 e. The summed E-state index contributed by atoms with van der Waals surface area (Å²) in [6.45, 7) is 8.64. The Kier molecular flexibility index (Phi) is 3.89. The lowest BCUT2D eigenvalue weighted by atomic mass is 9.57. The van der Waals surface area contributed by atoms with Gasteiger partial charge in [0.1, 0.15) is 11.8 Å². The third-order valence-corrected chi connectivity index (χ3v) is 8.23. The third kappa shape index (κ3) is 2.18. The molecule has 0 N–H and O–H groups in total. The molecule has 5 nitrogen and oxygen atoms in total. The lowest BCUT2D eigenvalue weighted by Crippen LogP contribution is -2.61. The number of ether oxygens (including phenoxy) is 1. The molecule has 1 aromatic carbocycles. The number of furan rings is 1. The van der Waals surface area contributed by atoms with Crippen molar-refractivity contribution in [3.63, 3.8) is 0 Å². The fourth-order valence-electron chi connectivity index (χ4n) is 5.76. The minimum atomic E-state index is -1.20. The van der Waals surface area contributed by atoms with E-state index in [0.29, 0.717) is 18.8 Å². The number of hydrogen-bond acceptors (Lipinski definition) is 4. The van der Waals surface area contributed by atoms with Crippen molar-refractivity contribution in [1.82, 2.24) is 4.90 Å². The van der Waals surface area contributed by atoms with Crippen LogP contribution in [0.15, 0.2) is 47.2 Å². The van der Waals surface area contributed by atoms with Gasteiger partial charge in [0.25, 0.3) is 0 Å². The van der Waals surface area contributed by atoms with E-state index in [2.05, 4.69) is 6.92 Å². The summed E-state index contributed by atoms with van der Waals surface area (Å²) >= 11 is 0. The molecular weight excluding hydrogens is 378 g/mol. The molecule has 2 aromatic rings. The van der Waals surface area contributed by atoms with E-state index in [-0.39, 0.29) is 11.3 Å². The second-order valence-electron chi connectivity index (χ2n) is 9.69. The van der Waals surface area contributed by atoms with Crippen molar-refractivity contribution >= 4 is 18.0 Å². The van der Waals surface area contributed by atoms with Crippen LogP contribution in [-0.4, -0.2) is 23.4 Å². The molecule has 1 saturated heterocycles. The number of aryl methyl sites for hydroxylation is 1. The minimum absolute atomic E-state index is 0.201. The lowest BCUT2D eigenvalue weighted by Gasteiger charge is -2.51. The summed E-state index contributed by atoms with van der Waals surface area (Å²) in [5.74, 6) is 0.0875. The molecule has 0 radical (unpaired) electrons. The van der Waals surface area contributed by atoms with E-state index >= 15 is 0 Å². The zero-order chi connectivity index (χ0) is 21.3. The minimum Gasteiger partial charge on any atom is -0.467 e. The van der Waals surface area contributed by atoms with Gasteiger partial charge in [-0.25, -0.2) is 0 Å². The number of hydrogen-bond donors (Lipinski definition) is 0. The van der Waals surface area contributed by atoms with Gasteiger partial charge in [-0.15, -0.1) is 0 Å². The molecule has 0 unspecified atom stereocenters. The number of amides is 1. The van der Waals surface area contributed by atoms with Crippen LogP contribution in [0.1, 0.15) is 62.1 Å². The number of benzene rings is 1. The zero-order valence-corrected chi connectivity index (χ0v) is 17.9. The highest BCUT2D eigenvalue weighted by atomic mass is 16.5. The van der Waals surface area contributed by atoms with Crippen LogP contribution >= 0.6 is 0 Å².